The Kier molecular flexibility index (Phi) is 4.56. The Hall–Kier alpha value is -3.15. The molecule has 0 fully saturated rings. The molecule has 122 valence electrons. The van der Waals surface area contributed by atoms with Crippen LogP contribution in [0.1, 0.15) is 15.9 Å². The maximum absolute atomic E-state index is 12.1. The molecule has 2 aromatic heterocycles. The minimum absolute atomic E-state index is 0.176. The fraction of sp³-hybridized carbons (Fsp3) is 0.167. The van der Waals surface area contributed by atoms with Crippen LogP contribution in [-0.4, -0.2) is 22.2 Å². The summed E-state index contributed by atoms with van der Waals surface area (Å²) < 4.78 is 6.59. The smallest absolute Gasteiger partial charge is 0.266 e. The second kappa shape index (κ2) is 6.95. The lowest BCUT2D eigenvalue weighted by atomic mass is 10.1. The molecule has 24 heavy (non-hydrogen) atoms. The number of amides is 1. The van der Waals surface area contributed by atoms with E-state index in [1.54, 1.807) is 36.6 Å². The maximum Gasteiger partial charge on any atom is 0.266 e. The van der Waals surface area contributed by atoms with E-state index in [9.17, 15) is 9.59 Å². The van der Waals surface area contributed by atoms with E-state index in [1.807, 2.05) is 19.1 Å². The van der Waals surface area contributed by atoms with Gasteiger partial charge in [-0.05, 0) is 37.3 Å². The number of nitrogens with zero attached hydrogens (tertiary/aromatic N) is 2. The zero-order chi connectivity index (χ0) is 16.9. The number of nitrogens with one attached hydrogen (secondary N) is 1. The first kappa shape index (κ1) is 15.7. The molecule has 1 aromatic carbocycles. The van der Waals surface area contributed by atoms with Crippen molar-refractivity contribution in [1.82, 2.24) is 15.1 Å². The Labute approximate surface area is 138 Å². The molecule has 0 aliphatic heterocycles. The SMILES string of the molecule is Cc1ccc(C(=O)NCCn2nc(-c3ccco3)ccc2=O)cc1. The van der Waals surface area contributed by atoms with Gasteiger partial charge in [0.1, 0.15) is 5.69 Å². The van der Waals surface area contributed by atoms with Crippen LogP contribution in [0.25, 0.3) is 11.5 Å². The van der Waals surface area contributed by atoms with Crippen LogP contribution in [0.5, 0.6) is 0 Å². The molecule has 3 aromatic rings. The zero-order valence-electron chi connectivity index (χ0n) is 13.2. The second-order valence-corrected chi connectivity index (χ2v) is 5.38. The number of aromatic nitrogens is 2. The van der Waals surface area contributed by atoms with Crippen molar-refractivity contribution in [1.29, 1.82) is 0 Å². The van der Waals surface area contributed by atoms with Crippen LogP contribution >= 0.6 is 0 Å². The van der Waals surface area contributed by atoms with Crippen molar-refractivity contribution in [2.45, 2.75) is 13.5 Å². The van der Waals surface area contributed by atoms with Gasteiger partial charge in [-0.1, -0.05) is 17.7 Å². The number of carbonyl (C=O) groups is 1. The van der Waals surface area contributed by atoms with E-state index in [2.05, 4.69) is 10.4 Å². The van der Waals surface area contributed by atoms with Gasteiger partial charge >= 0.3 is 0 Å². The average molecular weight is 323 g/mol. The van der Waals surface area contributed by atoms with Crippen LogP contribution in [0, 0.1) is 6.92 Å². The molecular weight excluding hydrogens is 306 g/mol. The topological polar surface area (TPSA) is 77.1 Å². The van der Waals surface area contributed by atoms with Gasteiger partial charge in [-0.25, -0.2) is 4.68 Å². The summed E-state index contributed by atoms with van der Waals surface area (Å²) in [5.41, 5.74) is 2.03. The lowest BCUT2D eigenvalue weighted by Crippen LogP contribution is -2.31. The summed E-state index contributed by atoms with van der Waals surface area (Å²) in [6, 6.07) is 13.9. The summed E-state index contributed by atoms with van der Waals surface area (Å²) in [6.45, 7) is 2.55. The third-order valence-electron chi connectivity index (χ3n) is 3.56. The minimum Gasteiger partial charge on any atom is -0.463 e. The molecule has 0 radical (unpaired) electrons. The number of rotatable bonds is 5. The lowest BCUT2D eigenvalue weighted by Gasteiger charge is -2.08. The Balaban J connectivity index is 1.64. The van der Waals surface area contributed by atoms with E-state index in [0.717, 1.165) is 5.56 Å². The molecule has 0 saturated carbocycles. The van der Waals surface area contributed by atoms with Crippen molar-refractivity contribution in [2.75, 3.05) is 6.54 Å². The predicted octanol–water partition coefficient (Wildman–Crippen LogP) is 2.24. The molecule has 6 nitrogen and oxygen atoms in total. The highest BCUT2D eigenvalue weighted by molar-refractivity contribution is 5.94. The van der Waals surface area contributed by atoms with Crippen molar-refractivity contribution in [3.05, 3.63) is 76.3 Å². The molecular formula is C18H17N3O3. The molecule has 1 amide bonds. The van der Waals surface area contributed by atoms with Gasteiger partial charge in [0.2, 0.25) is 0 Å². The number of hydrogen-bond acceptors (Lipinski definition) is 4. The molecule has 0 unspecified atom stereocenters. The number of hydrogen-bond donors (Lipinski definition) is 1. The largest absolute Gasteiger partial charge is 0.463 e. The number of aryl methyl sites for hydroxylation is 1. The number of furan rings is 1. The summed E-state index contributed by atoms with van der Waals surface area (Å²) in [5, 5.41) is 7.04. The first-order valence-electron chi connectivity index (χ1n) is 7.60. The third-order valence-corrected chi connectivity index (χ3v) is 3.56. The highest BCUT2D eigenvalue weighted by atomic mass is 16.3. The summed E-state index contributed by atoms with van der Waals surface area (Å²) in [5.74, 6) is 0.415. The second-order valence-electron chi connectivity index (χ2n) is 5.38. The van der Waals surface area contributed by atoms with Crippen LogP contribution in [-0.2, 0) is 6.54 Å². The highest BCUT2D eigenvalue weighted by Crippen LogP contribution is 2.14. The fourth-order valence-corrected chi connectivity index (χ4v) is 2.25. The number of benzene rings is 1. The van der Waals surface area contributed by atoms with E-state index in [4.69, 9.17) is 4.42 Å². The molecule has 0 atom stereocenters. The van der Waals surface area contributed by atoms with Crippen molar-refractivity contribution in [3.8, 4) is 11.5 Å². The van der Waals surface area contributed by atoms with E-state index in [-0.39, 0.29) is 18.0 Å². The lowest BCUT2D eigenvalue weighted by molar-refractivity contribution is 0.0951. The molecule has 0 aliphatic carbocycles. The van der Waals surface area contributed by atoms with Gasteiger partial charge in [0, 0.05) is 18.2 Å². The molecule has 3 rings (SSSR count). The van der Waals surface area contributed by atoms with Crippen molar-refractivity contribution in [2.24, 2.45) is 0 Å². The van der Waals surface area contributed by atoms with E-state index in [1.165, 1.54) is 10.7 Å². The van der Waals surface area contributed by atoms with Crippen molar-refractivity contribution in [3.63, 3.8) is 0 Å². The van der Waals surface area contributed by atoms with Crippen LogP contribution in [0.2, 0.25) is 0 Å². The normalized spacial score (nSPS) is 10.5. The van der Waals surface area contributed by atoms with Gasteiger partial charge in [-0.3, -0.25) is 9.59 Å². The first-order chi connectivity index (χ1) is 11.6. The van der Waals surface area contributed by atoms with Gasteiger partial charge in [0.15, 0.2) is 5.76 Å². The summed E-state index contributed by atoms with van der Waals surface area (Å²) in [7, 11) is 0. The maximum atomic E-state index is 12.1. The van der Waals surface area contributed by atoms with Gasteiger partial charge < -0.3 is 9.73 Å². The molecule has 0 bridgehead atoms. The highest BCUT2D eigenvalue weighted by Gasteiger charge is 2.07. The summed E-state index contributed by atoms with van der Waals surface area (Å²) in [6.07, 6.45) is 1.55. The van der Waals surface area contributed by atoms with Crippen LogP contribution in [0.4, 0.5) is 0 Å². The van der Waals surface area contributed by atoms with Crippen molar-refractivity contribution >= 4 is 5.91 Å². The van der Waals surface area contributed by atoms with Gasteiger partial charge in [-0.15, -0.1) is 0 Å². The van der Waals surface area contributed by atoms with Crippen LogP contribution in [0.15, 0.2) is 64.0 Å². The van der Waals surface area contributed by atoms with E-state index >= 15 is 0 Å². The monoisotopic (exact) mass is 323 g/mol. The third kappa shape index (κ3) is 3.60. The summed E-state index contributed by atoms with van der Waals surface area (Å²) in [4.78, 5) is 23.9. The first-order valence-corrected chi connectivity index (χ1v) is 7.60. The van der Waals surface area contributed by atoms with Crippen LogP contribution in [0.3, 0.4) is 0 Å². The quantitative estimate of drug-likeness (QED) is 0.781. The average Bonchev–Trinajstić information content (AvgIpc) is 3.11. The standard InChI is InChI=1S/C18H17N3O3/c1-13-4-6-14(7-5-13)18(23)19-10-11-21-17(22)9-8-15(20-21)16-3-2-12-24-16/h2-9,12H,10-11H2,1H3,(H,19,23). The van der Waals surface area contributed by atoms with E-state index < -0.39 is 0 Å². The fourth-order valence-electron chi connectivity index (χ4n) is 2.25. The molecule has 0 spiro atoms. The van der Waals surface area contributed by atoms with Gasteiger partial charge in [0.25, 0.3) is 11.5 Å². The van der Waals surface area contributed by atoms with Gasteiger partial charge in [-0.2, -0.15) is 5.10 Å². The molecule has 0 aliphatic rings. The predicted molar refractivity (Wildman–Crippen MR) is 89.7 cm³/mol. The Morgan fingerprint density at radius 2 is 1.96 bits per heavy atom. The Morgan fingerprint density at radius 1 is 1.17 bits per heavy atom. The Bertz CT molecular complexity index is 881. The Morgan fingerprint density at radius 3 is 2.67 bits per heavy atom. The number of carbonyl (C=O) groups excluding carboxylic acids is 1. The zero-order valence-corrected chi connectivity index (χ0v) is 13.2. The molecule has 0 saturated heterocycles. The molecule has 1 N–H and O–H groups in total. The summed E-state index contributed by atoms with van der Waals surface area (Å²) >= 11 is 0. The molecule has 6 heteroatoms. The van der Waals surface area contributed by atoms with Crippen LogP contribution < -0.4 is 10.9 Å². The van der Waals surface area contributed by atoms with Gasteiger partial charge in [0.05, 0.1) is 12.8 Å². The minimum atomic E-state index is -0.227. The molecule has 2 heterocycles. The van der Waals surface area contributed by atoms with Crippen molar-refractivity contribution < 1.29 is 9.21 Å². The van der Waals surface area contributed by atoms with E-state index in [0.29, 0.717) is 23.6 Å².